The average Bonchev–Trinajstić information content (AvgIpc) is 2.48. The summed E-state index contributed by atoms with van der Waals surface area (Å²) in [4.78, 5) is 15.9. The average molecular weight is 308 g/mol. The number of rotatable bonds is 5. The lowest BCUT2D eigenvalue weighted by Gasteiger charge is -2.08. The van der Waals surface area contributed by atoms with Crippen molar-refractivity contribution in [2.45, 2.75) is 19.0 Å². The molecule has 0 radical (unpaired) electrons. The Morgan fingerprint density at radius 2 is 1.82 bits per heavy atom. The Morgan fingerprint density at radius 3 is 2.41 bits per heavy atom. The number of carbonyl (C=O) groups excluding carboxylic acids is 1. The molecule has 0 bridgehead atoms. The van der Waals surface area contributed by atoms with Crippen molar-refractivity contribution in [2.75, 3.05) is 6.54 Å². The highest BCUT2D eigenvalue weighted by molar-refractivity contribution is 5.78. The van der Waals surface area contributed by atoms with E-state index in [4.69, 9.17) is 0 Å². The van der Waals surface area contributed by atoms with Gasteiger partial charge in [-0.2, -0.15) is 13.2 Å². The van der Waals surface area contributed by atoms with Crippen LogP contribution in [0.4, 0.5) is 13.2 Å². The SMILES string of the molecule is O=C(Cc1ccc(C(F)(F)F)cc1)NCCc1ccccn1. The van der Waals surface area contributed by atoms with Gasteiger partial charge in [0, 0.05) is 24.9 Å². The first kappa shape index (κ1) is 16.0. The molecule has 0 atom stereocenters. The predicted molar refractivity (Wildman–Crippen MR) is 76.1 cm³/mol. The number of benzene rings is 1. The molecule has 1 N–H and O–H groups in total. The summed E-state index contributed by atoms with van der Waals surface area (Å²) >= 11 is 0. The minimum Gasteiger partial charge on any atom is -0.355 e. The molecule has 0 aliphatic rings. The largest absolute Gasteiger partial charge is 0.416 e. The fraction of sp³-hybridized carbons (Fsp3) is 0.250. The third-order valence-corrected chi connectivity index (χ3v) is 3.08. The number of hydrogen-bond acceptors (Lipinski definition) is 2. The molecule has 6 heteroatoms. The highest BCUT2D eigenvalue weighted by atomic mass is 19.4. The first-order valence-electron chi connectivity index (χ1n) is 6.78. The highest BCUT2D eigenvalue weighted by Crippen LogP contribution is 2.29. The summed E-state index contributed by atoms with van der Waals surface area (Å²) in [6.45, 7) is 0.441. The summed E-state index contributed by atoms with van der Waals surface area (Å²) in [5.74, 6) is -0.226. The quantitative estimate of drug-likeness (QED) is 0.922. The van der Waals surface area contributed by atoms with Crippen molar-refractivity contribution < 1.29 is 18.0 Å². The zero-order valence-electron chi connectivity index (χ0n) is 11.7. The van der Waals surface area contributed by atoms with Crippen LogP contribution in [0.1, 0.15) is 16.8 Å². The minimum absolute atomic E-state index is 0.0559. The van der Waals surface area contributed by atoms with Gasteiger partial charge in [-0.25, -0.2) is 0 Å². The summed E-state index contributed by atoms with van der Waals surface area (Å²) in [5.41, 5.74) is 0.701. The summed E-state index contributed by atoms with van der Waals surface area (Å²) in [6, 6.07) is 10.1. The number of aromatic nitrogens is 1. The van der Waals surface area contributed by atoms with E-state index in [0.29, 0.717) is 18.5 Å². The van der Waals surface area contributed by atoms with E-state index in [1.807, 2.05) is 18.2 Å². The van der Waals surface area contributed by atoms with Crippen LogP contribution in [0.2, 0.25) is 0 Å². The molecule has 0 aliphatic heterocycles. The van der Waals surface area contributed by atoms with Gasteiger partial charge in [-0.15, -0.1) is 0 Å². The van der Waals surface area contributed by atoms with Crippen LogP contribution >= 0.6 is 0 Å². The number of amides is 1. The van der Waals surface area contributed by atoms with Crippen molar-refractivity contribution in [1.82, 2.24) is 10.3 Å². The number of nitrogens with one attached hydrogen (secondary N) is 1. The van der Waals surface area contributed by atoms with Crippen molar-refractivity contribution in [3.05, 3.63) is 65.5 Å². The zero-order chi connectivity index (χ0) is 16.0. The number of carbonyl (C=O) groups is 1. The molecule has 116 valence electrons. The molecule has 1 amide bonds. The van der Waals surface area contributed by atoms with Crippen LogP contribution in [-0.2, 0) is 23.8 Å². The maximum Gasteiger partial charge on any atom is 0.416 e. The molecule has 0 saturated carbocycles. The maximum atomic E-state index is 12.4. The minimum atomic E-state index is -4.36. The van der Waals surface area contributed by atoms with E-state index in [-0.39, 0.29) is 12.3 Å². The van der Waals surface area contributed by atoms with Gasteiger partial charge in [0.1, 0.15) is 0 Å². The van der Waals surface area contributed by atoms with Crippen LogP contribution in [0.25, 0.3) is 0 Å². The Hall–Kier alpha value is -2.37. The third kappa shape index (κ3) is 4.87. The van der Waals surface area contributed by atoms with Crippen LogP contribution in [0.3, 0.4) is 0 Å². The van der Waals surface area contributed by atoms with E-state index in [1.54, 1.807) is 6.20 Å². The zero-order valence-corrected chi connectivity index (χ0v) is 11.7. The topological polar surface area (TPSA) is 42.0 Å². The van der Waals surface area contributed by atoms with Gasteiger partial charge in [-0.05, 0) is 29.8 Å². The first-order chi connectivity index (χ1) is 10.4. The summed E-state index contributed by atoms with van der Waals surface area (Å²) < 4.78 is 37.3. The second-order valence-electron chi connectivity index (χ2n) is 4.79. The van der Waals surface area contributed by atoms with Gasteiger partial charge in [0.2, 0.25) is 5.91 Å². The normalized spacial score (nSPS) is 11.2. The fourth-order valence-electron chi connectivity index (χ4n) is 1.94. The lowest BCUT2D eigenvalue weighted by atomic mass is 10.1. The number of halogens is 3. The molecule has 3 nitrogen and oxygen atoms in total. The molecule has 2 rings (SSSR count). The molecule has 1 aromatic carbocycles. The third-order valence-electron chi connectivity index (χ3n) is 3.08. The lowest BCUT2D eigenvalue weighted by molar-refractivity contribution is -0.137. The number of alkyl halides is 3. The van der Waals surface area contributed by atoms with Gasteiger partial charge < -0.3 is 5.32 Å². The molecule has 2 aromatic rings. The van der Waals surface area contributed by atoms with Gasteiger partial charge in [0.05, 0.1) is 12.0 Å². The Morgan fingerprint density at radius 1 is 1.09 bits per heavy atom. The smallest absolute Gasteiger partial charge is 0.355 e. The molecule has 0 saturated heterocycles. The van der Waals surface area contributed by atoms with E-state index in [1.165, 1.54) is 12.1 Å². The van der Waals surface area contributed by atoms with Crippen LogP contribution in [0.5, 0.6) is 0 Å². The Kier molecular flexibility index (Phi) is 5.14. The molecular formula is C16H15F3N2O. The molecule has 1 aromatic heterocycles. The monoisotopic (exact) mass is 308 g/mol. The maximum absolute atomic E-state index is 12.4. The second kappa shape index (κ2) is 7.06. The fourth-order valence-corrected chi connectivity index (χ4v) is 1.94. The van der Waals surface area contributed by atoms with E-state index >= 15 is 0 Å². The van der Waals surface area contributed by atoms with Crippen LogP contribution < -0.4 is 5.32 Å². The second-order valence-corrected chi connectivity index (χ2v) is 4.79. The highest BCUT2D eigenvalue weighted by Gasteiger charge is 2.29. The standard InChI is InChI=1S/C16H15F3N2O/c17-16(18,19)13-6-4-12(5-7-13)11-15(22)21-10-8-14-3-1-2-9-20-14/h1-7,9H,8,10-11H2,(H,21,22). The Labute approximate surface area is 126 Å². The molecule has 0 aliphatic carbocycles. The number of nitrogens with zero attached hydrogens (tertiary/aromatic N) is 1. The van der Waals surface area contributed by atoms with Gasteiger partial charge in [0.25, 0.3) is 0 Å². The summed E-state index contributed by atoms with van der Waals surface area (Å²) in [6.07, 6.45) is -2.01. The van der Waals surface area contributed by atoms with E-state index in [9.17, 15) is 18.0 Å². The van der Waals surface area contributed by atoms with Crippen LogP contribution in [-0.4, -0.2) is 17.4 Å². The van der Waals surface area contributed by atoms with Crippen molar-refractivity contribution in [3.8, 4) is 0 Å². The summed E-state index contributed by atoms with van der Waals surface area (Å²) in [5, 5.41) is 2.72. The van der Waals surface area contributed by atoms with Crippen molar-refractivity contribution in [1.29, 1.82) is 0 Å². The molecule has 1 heterocycles. The molecule has 22 heavy (non-hydrogen) atoms. The van der Waals surface area contributed by atoms with Gasteiger partial charge in [-0.1, -0.05) is 18.2 Å². The van der Waals surface area contributed by atoms with E-state index in [0.717, 1.165) is 17.8 Å². The Bertz CT molecular complexity index is 610. The van der Waals surface area contributed by atoms with E-state index in [2.05, 4.69) is 10.3 Å². The number of pyridine rings is 1. The van der Waals surface area contributed by atoms with Gasteiger partial charge in [-0.3, -0.25) is 9.78 Å². The Balaban J connectivity index is 1.79. The van der Waals surface area contributed by atoms with Crippen LogP contribution in [0, 0.1) is 0 Å². The first-order valence-corrected chi connectivity index (χ1v) is 6.78. The van der Waals surface area contributed by atoms with Crippen molar-refractivity contribution in [2.24, 2.45) is 0 Å². The lowest BCUT2D eigenvalue weighted by Crippen LogP contribution is -2.27. The number of hydrogen-bond donors (Lipinski definition) is 1. The molecule has 0 unspecified atom stereocenters. The van der Waals surface area contributed by atoms with Gasteiger partial charge in [0.15, 0.2) is 0 Å². The summed E-state index contributed by atoms with van der Waals surface area (Å²) in [7, 11) is 0. The molecule has 0 spiro atoms. The predicted octanol–water partition coefficient (Wildman–Crippen LogP) is 3.00. The van der Waals surface area contributed by atoms with E-state index < -0.39 is 11.7 Å². The van der Waals surface area contributed by atoms with Crippen LogP contribution in [0.15, 0.2) is 48.7 Å². The molecule has 0 fully saturated rings. The van der Waals surface area contributed by atoms with Crippen molar-refractivity contribution >= 4 is 5.91 Å². The molecular weight excluding hydrogens is 293 g/mol. The van der Waals surface area contributed by atoms with Gasteiger partial charge >= 0.3 is 6.18 Å². The van der Waals surface area contributed by atoms with Crippen molar-refractivity contribution in [3.63, 3.8) is 0 Å².